The number of aromatic carboxylic acids is 1. The van der Waals surface area contributed by atoms with Gasteiger partial charge in [0.1, 0.15) is 0 Å². The third-order valence-corrected chi connectivity index (χ3v) is 3.13. The van der Waals surface area contributed by atoms with E-state index in [2.05, 4.69) is 5.32 Å². The Labute approximate surface area is 122 Å². The molecule has 0 aliphatic rings. The van der Waals surface area contributed by atoms with Crippen LogP contribution in [0.15, 0.2) is 46.9 Å². The van der Waals surface area contributed by atoms with Gasteiger partial charge in [-0.15, -0.1) is 0 Å². The van der Waals surface area contributed by atoms with Crippen molar-refractivity contribution in [1.82, 2.24) is 5.32 Å². The predicted molar refractivity (Wildman–Crippen MR) is 77.2 cm³/mol. The lowest BCUT2D eigenvalue weighted by molar-refractivity contribution is 0.0659. The van der Waals surface area contributed by atoms with Crippen molar-refractivity contribution in [2.45, 2.75) is 25.8 Å². The summed E-state index contributed by atoms with van der Waals surface area (Å²) in [4.78, 5) is 22.9. The first-order valence-corrected chi connectivity index (χ1v) is 6.80. The van der Waals surface area contributed by atoms with Crippen LogP contribution in [0.4, 0.5) is 0 Å². The number of carbonyl (C=O) groups excluding carboxylic acids is 1. The van der Waals surface area contributed by atoms with E-state index in [1.165, 1.54) is 12.1 Å². The van der Waals surface area contributed by atoms with Crippen molar-refractivity contribution in [2.75, 3.05) is 0 Å². The Morgan fingerprint density at radius 3 is 2.38 bits per heavy atom. The second-order valence-corrected chi connectivity index (χ2v) is 4.69. The van der Waals surface area contributed by atoms with Gasteiger partial charge in [0.2, 0.25) is 5.76 Å². The Morgan fingerprint density at radius 2 is 1.81 bits per heavy atom. The summed E-state index contributed by atoms with van der Waals surface area (Å²) < 4.78 is 5.01. The molecule has 1 heterocycles. The highest BCUT2D eigenvalue weighted by Gasteiger charge is 2.19. The molecule has 5 heteroatoms. The first kappa shape index (κ1) is 14.8. The van der Waals surface area contributed by atoms with Gasteiger partial charge >= 0.3 is 5.97 Å². The lowest BCUT2D eigenvalue weighted by Gasteiger charge is -2.17. The van der Waals surface area contributed by atoms with E-state index in [9.17, 15) is 9.59 Å². The summed E-state index contributed by atoms with van der Waals surface area (Å²) >= 11 is 0. The Hall–Kier alpha value is -2.56. The summed E-state index contributed by atoms with van der Waals surface area (Å²) in [5.74, 6) is -1.84. The van der Waals surface area contributed by atoms with E-state index < -0.39 is 11.9 Å². The Bertz CT molecular complexity index is 618. The van der Waals surface area contributed by atoms with Gasteiger partial charge in [0, 0.05) is 0 Å². The summed E-state index contributed by atoms with van der Waals surface area (Å²) in [6.07, 6.45) is 1.71. The van der Waals surface area contributed by atoms with Crippen LogP contribution in [0, 0.1) is 0 Å². The van der Waals surface area contributed by atoms with Crippen LogP contribution < -0.4 is 5.32 Å². The molecule has 21 heavy (non-hydrogen) atoms. The maximum absolute atomic E-state index is 12.1. The lowest BCUT2D eigenvalue weighted by atomic mass is 10.0. The SMILES string of the molecule is CCCC(NC(=O)c1ccc(C(=O)O)o1)c1ccccc1. The molecule has 0 bridgehead atoms. The fourth-order valence-corrected chi connectivity index (χ4v) is 2.10. The number of furan rings is 1. The number of hydrogen-bond acceptors (Lipinski definition) is 3. The monoisotopic (exact) mass is 287 g/mol. The first-order valence-electron chi connectivity index (χ1n) is 6.80. The van der Waals surface area contributed by atoms with Crippen LogP contribution in [0.25, 0.3) is 0 Å². The third kappa shape index (κ3) is 3.72. The molecule has 0 radical (unpaired) electrons. The molecule has 0 fully saturated rings. The van der Waals surface area contributed by atoms with Crippen LogP contribution >= 0.6 is 0 Å². The molecule has 110 valence electrons. The fourth-order valence-electron chi connectivity index (χ4n) is 2.10. The van der Waals surface area contributed by atoms with Crippen molar-refractivity contribution in [1.29, 1.82) is 0 Å². The second kappa shape index (κ2) is 6.74. The average molecular weight is 287 g/mol. The van der Waals surface area contributed by atoms with Gasteiger partial charge in [0.05, 0.1) is 6.04 Å². The number of carboxylic acids is 1. The van der Waals surface area contributed by atoms with Gasteiger partial charge in [-0.3, -0.25) is 4.79 Å². The van der Waals surface area contributed by atoms with E-state index in [0.717, 1.165) is 18.4 Å². The smallest absolute Gasteiger partial charge is 0.371 e. The standard InChI is InChI=1S/C16H17NO4/c1-2-6-12(11-7-4-3-5-8-11)17-15(18)13-9-10-14(21-13)16(19)20/h3-5,7-10,12H,2,6H2,1H3,(H,17,18)(H,19,20). The van der Waals surface area contributed by atoms with Crippen molar-refractivity contribution in [3.8, 4) is 0 Å². The number of nitrogens with one attached hydrogen (secondary N) is 1. The van der Waals surface area contributed by atoms with Gasteiger partial charge in [-0.25, -0.2) is 4.79 Å². The molecule has 5 nitrogen and oxygen atoms in total. The Morgan fingerprint density at radius 1 is 1.14 bits per heavy atom. The van der Waals surface area contributed by atoms with Crippen LogP contribution in [-0.4, -0.2) is 17.0 Å². The molecular weight excluding hydrogens is 270 g/mol. The summed E-state index contributed by atoms with van der Waals surface area (Å²) in [5, 5.41) is 11.7. The van der Waals surface area contributed by atoms with Crippen LogP contribution in [0.1, 0.15) is 52.5 Å². The summed E-state index contributed by atoms with van der Waals surface area (Å²) in [6.45, 7) is 2.04. The largest absolute Gasteiger partial charge is 0.475 e. The molecule has 0 spiro atoms. The van der Waals surface area contributed by atoms with Crippen LogP contribution in [0.3, 0.4) is 0 Å². The number of carbonyl (C=O) groups is 2. The van der Waals surface area contributed by atoms with Gasteiger partial charge in [-0.1, -0.05) is 43.7 Å². The molecule has 1 aromatic heterocycles. The van der Waals surface area contributed by atoms with Crippen LogP contribution in [0.2, 0.25) is 0 Å². The number of benzene rings is 1. The van der Waals surface area contributed by atoms with E-state index in [1.54, 1.807) is 0 Å². The minimum atomic E-state index is -1.19. The van der Waals surface area contributed by atoms with Crippen molar-refractivity contribution in [2.24, 2.45) is 0 Å². The van der Waals surface area contributed by atoms with Crippen molar-refractivity contribution >= 4 is 11.9 Å². The minimum absolute atomic E-state index is 0.00411. The van der Waals surface area contributed by atoms with Crippen molar-refractivity contribution < 1.29 is 19.1 Å². The fraction of sp³-hybridized carbons (Fsp3) is 0.250. The van der Waals surface area contributed by atoms with E-state index in [-0.39, 0.29) is 17.6 Å². The predicted octanol–water partition coefficient (Wildman–Crippen LogP) is 3.25. The van der Waals surface area contributed by atoms with Crippen molar-refractivity contribution in [3.63, 3.8) is 0 Å². The average Bonchev–Trinajstić information content (AvgIpc) is 2.98. The highest BCUT2D eigenvalue weighted by atomic mass is 16.4. The van der Waals surface area contributed by atoms with Gasteiger partial charge < -0.3 is 14.8 Å². The molecule has 2 N–H and O–H groups in total. The molecule has 2 rings (SSSR count). The van der Waals surface area contributed by atoms with Gasteiger partial charge in [0.15, 0.2) is 5.76 Å². The number of hydrogen-bond donors (Lipinski definition) is 2. The second-order valence-electron chi connectivity index (χ2n) is 4.69. The number of amides is 1. The quantitative estimate of drug-likeness (QED) is 0.854. The zero-order valence-corrected chi connectivity index (χ0v) is 11.7. The summed E-state index contributed by atoms with van der Waals surface area (Å²) in [7, 11) is 0. The summed E-state index contributed by atoms with van der Waals surface area (Å²) in [5.41, 5.74) is 1.01. The highest BCUT2D eigenvalue weighted by Crippen LogP contribution is 2.19. The Balaban J connectivity index is 2.12. The molecule has 1 atom stereocenters. The first-order chi connectivity index (χ1) is 10.1. The maximum Gasteiger partial charge on any atom is 0.371 e. The van der Waals surface area contributed by atoms with E-state index >= 15 is 0 Å². The third-order valence-electron chi connectivity index (χ3n) is 3.13. The van der Waals surface area contributed by atoms with Gasteiger partial charge in [-0.05, 0) is 24.1 Å². The van der Waals surface area contributed by atoms with Crippen molar-refractivity contribution in [3.05, 3.63) is 59.5 Å². The molecule has 0 saturated heterocycles. The van der Waals surface area contributed by atoms with Gasteiger partial charge in [0.25, 0.3) is 5.91 Å². The van der Waals surface area contributed by atoms with Crippen LogP contribution in [-0.2, 0) is 0 Å². The molecule has 1 aromatic carbocycles. The Kier molecular flexibility index (Phi) is 4.77. The lowest BCUT2D eigenvalue weighted by Crippen LogP contribution is -2.28. The minimum Gasteiger partial charge on any atom is -0.475 e. The van der Waals surface area contributed by atoms with E-state index in [1.807, 2.05) is 37.3 Å². The normalized spacial score (nSPS) is 11.9. The number of rotatable bonds is 6. The highest BCUT2D eigenvalue weighted by molar-refractivity contribution is 5.93. The zero-order valence-electron chi connectivity index (χ0n) is 11.7. The molecular formula is C16H17NO4. The molecule has 0 aliphatic carbocycles. The van der Waals surface area contributed by atoms with E-state index in [4.69, 9.17) is 9.52 Å². The molecule has 1 unspecified atom stereocenters. The molecule has 0 saturated carbocycles. The molecule has 2 aromatic rings. The van der Waals surface area contributed by atoms with Gasteiger partial charge in [-0.2, -0.15) is 0 Å². The topological polar surface area (TPSA) is 79.5 Å². The maximum atomic E-state index is 12.1. The summed E-state index contributed by atoms with van der Waals surface area (Å²) in [6, 6.07) is 12.2. The van der Waals surface area contributed by atoms with Crippen LogP contribution in [0.5, 0.6) is 0 Å². The number of carboxylic acid groups (broad SMARTS) is 1. The molecule has 0 aliphatic heterocycles. The molecule has 1 amide bonds. The van der Waals surface area contributed by atoms with E-state index in [0.29, 0.717) is 0 Å². The zero-order chi connectivity index (χ0) is 15.2.